The lowest BCUT2D eigenvalue weighted by Gasteiger charge is -2.09. The molecule has 0 aromatic carbocycles. The fraction of sp³-hybridized carbons (Fsp3) is 0.600. The number of aryl methyl sites for hydroxylation is 2. The number of hydrogen-bond acceptors (Lipinski definition) is 4. The molecule has 4 nitrogen and oxygen atoms in total. The third-order valence-electron chi connectivity index (χ3n) is 2.51. The largest absolute Gasteiger partial charge is 0.347 e. The summed E-state index contributed by atoms with van der Waals surface area (Å²) in [7, 11) is 0. The number of halogens is 2. The number of carbonyl (C=O) groups is 1. The summed E-state index contributed by atoms with van der Waals surface area (Å²) in [6.07, 6.45) is 1.02. The van der Waals surface area contributed by atoms with E-state index in [-0.39, 0.29) is 36.8 Å². The SMILES string of the molecule is Cc1nc(C)c(C(=O)NC2CCNC2)s1.Cl.Cl. The molecule has 0 aliphatic carbocycles. The summed E-state index contributed by atoms with van der Waals surface area (Å²) in [6, 6.07) is 0.277. The molecule has 0 spiro atoms. The van der Waals surface area contributed by atoms with E-state index in [9.17, 15) is 4.79 Å². The molecule has 1 fully saturated rings. The molecular formula is C10H17Cl2N3OS. The second kappa shape index (κ2) is 7.16. The minimum atomic E-state index is 0. The summed E-state index contributed by atoms with van der Waals surface area (Å²) >= 11 is 1.46. The number of nitrogens with zero attached hydrogens (tertiary/aromatic N) is 1. The van der Waals surface area contributed by atoms with Gasteiger partial charge in [-0.25, -0.2) is 4.98 Å². The highest BCUT2D eigenvalue weighted by Crippen LogP contribution is 2.17. The number of nitrogens with one attached hydrogen (secondary N) is 2. The van der Waals surface area contributed by atoms with E-state index in [1.807, 2.05) is 13.8 Å². The first-order chi connectivity index (χ1) is 7.16. The van der Waals surface area contributed by atoms with E-state index in [0.717, 1.165) is 35.1 Å². The molecule has 1 aliphatic rings. The van der Waals surface area contributed by atoms with Gasteiger partial charge in [0.1, 0.15) is 4.88 Å². The van der Waals surface area contributed by atoms with Gasteiger partial charge in [-0.1, -0.05) is 0 Å². The van der Waals surface area contributed by atoms with Gasteiger partial charge >= 0.3 is 0 Å². The molecule has 98 valence electrons. The Hall–Kier alpha value is -0.360. The zero-order chi connectivity index (χ0) is 10.8. The van der Waals surface area contributed by atoms with Crippen LogP contribution in [0, 0.1) is 13.8 Å². The molecule has 1 unspecified atom stereocenters. The Morgan fingerprint density at radius 3 is 2.65 bits per heavy atom. The van der Waals surface area contributed by atoms with E-state index in [1.54, 1.807) is 0 Å². The maximum absolute atomic E-state index is 11.9. The van der Waals surface area contributed by atoms with Gasteiger partial charge < -0.3 is 10.6 Å². The number of thiazole rings is 1. The highest BCUT2D eigenvalue weighted by atomic mass is 35.5. The van der Waals surface area contributed by atoms with Crippen molar-refractivity contribution in [2.75, 3.05) is 13.1 Å². The van der Waals surface area contributed by atoms with Crippen LogP contribution < -0.4 is 10.6 Å². The average molecular weight is 298 g/mol. The van der Waals surface area contributed by atoms with Crippen molar-refractivity contribution in [1.29, 1.82) is 0 Å². The van der Waals surface area contributed by atoms with E-state index in [2.05, 4.69) is 15.6 Å². The van der Waals surface area contributed by atoms with Gasteiger partial charge in [0.15, 0.2) is 0 Å². The topological polar surface area (TPSA) is 54.0 Å². The van der Waals surface area contributed by atoms with Gasteiger partial charge in [-0.15, -0.1) is 36.2 Å². The van der Waals surface area contributed by atoms with Crippen molar-refractivity contribution in [3.8, 4) is 0 Å². The maximum Gasteiger partial charge on any atom is 0.263 e. The van der Waals surface area contributed by atoms with Crippen LogP contribution in [0.4, 0.5) is 0 Å². The normalized spacial score (nSPS) is 18.1. The van der Waals surface area contributed by atoms with Crippen molar-refractivity contribution >= 4 is 42.1 Å². The first-order valence-corrected chi connectivity index (χ1v) is 5.94. The van der Waals surface area contributed by atoms with Crippen molar-refractivity contribution < 1.29 is 4.79 Å². The summed E-state index contributed by atoms with van der Waals surface area (Å²) < 4.78 is 0. The monoisotopic (exact) mass is 297 g/mol. The second-order valence-corrected chi connectivity index (χ2v) is 5.01. The van der Waals surface area contributed by atoms with E-state index in [4.69, 9.17) is 0 Å². The van der Waals surface area contributed by atoms with Crippen LogP contribution >= 0.6 is 36.2 Å². The highest BCUT2D eigenvalue weighted by Gasteiger charge is 2.20. The van der Waals surface area contributed by atoms with Crippen LogP contribution in [0.15, 0.2) is 0 Å². The molecule has 0 radical (unpaired) electrons. The molecule has 17 heavy (non-hydrogen) atoms. The maximum atomic E-state index is 11.9. The fourth-order valence-corrected chi connectivity index (χ4v) is 2.59. The zero-order valence-electron chi connectivity index (χ0n) is 9.78. The molecule has 1 atom stereocenters. The first-order valence-electron chi connectivity index (χ1n) is 5.12. The van der Waals surface area contributed by atoms with Gasteiger partial charge in [0, 0.05) is 12.6 Å². The Bertz CT molecular complexity index is 378. The lowest BCUT2D eigenvalue weighted by molar-refractivity contribution is 0.0943. The van der Waals surface area contributed by atoms with Gasteiger partial charge in [-0.05, 0) is 26.8 Å². The zero-order valence-corrected chi connectivity index (χ0v) is 12.2. The number of amides is 1. The number of hydrogen-bond donors (Lipinski definition) is 2. The molecule has 2 N–H and O–H groups in total. The van der Waals surface area contributed by atoms with Crippen LogP contribution in [0.2, 0.25) is 0 Å². The molecule has 1 saturated heterocycles. The molecule has 2 rings (SSSR count). The molecule has 0 bridgehead atoms. The van der Waals surface area contributed by atoms with Gasteiger partial charge in [-0.3, -0.25) is 4.79 Å². The number of rotatable bonds is 2. The van der Waals surface area contributed by atoms with Crippen molar-refractivity contribution in [3.05, 3.63) is 15.6 Å². The molecule has 1 aromatic rings. The molecule has 0 saturated carbocycles. The van der Waals surface area contributed by atoms with Gasteiger partial charge in [0.05, 0.1) is 10.7 Å². The van der Waals surface area contributed by atoms with Crippen molar-refractivity contribution in [2.24, 2.45) is 0 Å². The molecule has 1 amide bonds. The minimum absolute atomic E-state index is 0. The van der Waals surface area contributed by atoms with Crippen molar-refractivity contribution in [3.63, 3.8) is 0 Å². The lowest BCUT2D eigenvalue weighted by Crippen LogP contribution is -2.36. The third kappa shape index (κ3) is 4.10. The van der Waals surface area contributed by atoms with E-state index in [1.165, 1.54) is 11.3 Å². The minimum Gasteiger partial charge on any atom is -0.347 e. The fourth-order valence-electron chi connectivity index (χ4n) is 1.77. The van der Waals surface area contributed by atoms with Crippen LogP contribution in [0.1, 0.15) is 26.8 Å². The Morgan fingerprint density at radius 2 is 2.18 bits per heavy atom. The summed E-state index contributed by atoms with van der Waals surface area (Å²) in [5.41, 5.74) is 0.834. The third-order valence-corrected chi connectivity index (χ3v) is 3.58. The molecule has 2 heterocycles. The van der Waals surface area contributed by atoms with Crippen molar-refractivity contribution in [1.82, 2.24) is 15.6 Å². The smallest absolute Gasteiger partial charge is 0.263 e. The van der Waals surface area contributed by atoms with Crippen molar-refractivity contribution in [2.45, 2.75) is 26.3 Å². The van der Waals surface area contributed by atoms with Crippen LogP contribution in [0.3, 0.4) is 0 Å². The predicted molar refractivity (Wildman–Crippen MR) is 74.8 cm³/mol. The Morgan fingerprint density at radius 1 is 1.47 bits per heavy atom. The number of carbonyl (C=O) groups excluding carboxylic acids is 1. The number of aromatic nitrogens is 1. The second-order valence-electron chi connectivity index (χ2n) is 3.81. The quantitative estimate of drug-likeness (QED) is 0.874. The molecule has 7 heteroatoms. The Kier molecular flexibility index (Phi) is 7.01. The van der Waals surface area contributed by atoms with Gasteiger partial charge in [0.2, 0.25) is 0 Å². The Labute approximate surface area is 117 Å². The van der Waals surface area contributed by atoms with Crippen LogP contribution in [-0.2, 0) is 0 Å². The van der Waals surface area contributed by atoms with Crippen LogP contribution in [0.5, 0.6) is 0 Å². The first kappa shape index (κ1) is 16.6. The van der Waals surface area contributed by atoms with E-state index < -0.39 is 0 Å². The summed E-state index contributed by atoms with van der Waals surface area (Å²) in [6.45, 7) is 5.67. The Balaban J connectivity index is 0.00000128. The summed E-state index contributed by atoms with van der Waals surface area (Å²) in [5.74, 6) is 0.0202. The average Bonchev–Trinajstić information content (AvgIpc) is 2.75. The molecular weight excluding hydrogens is 281 g/mol. The van der Waals surface area contributed by atoms with E-state index in [0.29, 0.717) is 0 Å². The van der Waals surface area contributed by atoms with Crippen LogP contribution in [0.25, 0.3) is 0 Å². The molecule has 1 aliphatic heterocycles. The molecule has 1 aromatic heterocycles. The van der Waals surface area contributed by atoms with Gasteiger partial charge in [-0.2, -0.15) is 0 Å². The summed E-state index contributed by atoms with van der Waals surface area (Å²) in [5, 5.41) is 7.19. The standard InChI is InChI=1S/C10H15N3OS.2ClH/c1-6-9(15-7(2)12-6)10(14)13-8-3-4-11-5-8;;/h8,11H,3-5H2,1-2H3,(H,13,14);2*1H. The van der Waals surface area contributed by atoms with E-state index >= 15 is 0 Å². The highest BCUT2D eigenvalue weighted by molar-refractivity contribution is 7.13. The summed E-state index contributed by atoms with van der Waals surface area (Å²) in [4.78, 5) is 16.9. The predicted octanol–water partition coefficient (Wildman–Crippen LogP) is 1.70. The lowest BCUT2D eigenvalue weighted by atomic mass is 10.2. The van der Waals surface area contributed by atoms with Crippen LogP contribution in [-0.4, -0.2) is 30.0 Å². The van der Waals surface area contributed by atoms with Gasteiger partial charge in [0.25, 0.3) is 5.91 Å².